The minimum absolute atomic E-state index is 0.0177. The molecule has 2 heterocycles. The van der Waals surface area contributed by atoms with Gasteiger partial charge in [-0.15, -0.1) is 0 Å². The van der Waals surface area contributed by atoms with Crippen LogP contribution in [0.4, 0.5) is 17.1 Å². The Labute approximate surface area is 236 Å². The highest BCUT2D eigenvalue weighted by Crippen LogP contribution is 2.37. The molecule has 0 amide bonds. The summed E-state index contributed by atoms with van der Waals surface area (Å²) in [6, 6.07) is 2.65. The van der Waals surface area contributed by atoms with Gasteiger partial charge in [-0.2, -0.15) is 4.98 Å². The van der Waals surface area contributed by atoms with Gasteiger partial charge in [0.1, 0.15) is 24.4 Å². The molecule has 1 aliphatic rings. The lowest BCUT2D eigenvalue weighted by atomic mass is 9.94. The van der Waals surface area contributed by atoms with Gasteiger partial charge in [-0.3, -0.25) is 39.2 Å². The summed E-state index contributed by atoms with van der Waals surface area (Å²) < 4.78 is 28.2. The summed E-state index contributed by atoms with van der Waals surface area (Å²) in [6.45, 7) is 4.59. The molecule has 0 unspecified atom stereocenters. The molecule has 3 rings (SSSR count). The molecule has 18 heteroatoms. The smallest absolute Gasteiger partial charge is 0.353 e. The van der Waals surface area contributed by atoms with Crippen LogP contribution in [0, 0.1) is 20.2 Å². The number of non-ortho nitro benzene ring substituents is 1. The average Bonchev–Trinajstić information content (AvgIpc) is 2.89. The molecule has 1 N–H and O–H groups in total. The van der Waals surface area contributed by atoms with Gasteiger partial charge in [0, 0.05) is 39.1 Å². The number of nitro benzene ring substituents is 2. The number of hydrogen-bond acceptors (Lipinski definition) is 15. The average molecular weight is 594 g/mol. The van der Waals surface area contributed by atoms with Gasteiger partial charge < -0.3 is 29.0 Å². The lowest BCUT2D eigenvalue weighted by molar-refractivity contribution is -0.393. The highest BCUT2D eigenvalue weighted by atomic mass is 16.6. The highest BCUT2D eigenvalue weighted by Gasteiger charge is 2.52. The minimum Gasteiger partial charge on any atom is -0.478 e. The van der Waals surface area contributed by atoms with E-state index in [4.69, 9.17) is 23.7 Å². The number of nitrogens with one attached hydrogen (secondary N) is 1. The van der Waals surface area contributed by atoms with E-state index in [1.807, 2.05) is 0 Å². The largest absolute Gasteiger partial charge is 0.478 e. The topological polar surface area (TPSA) is 231 Å². The van der Waals surface area contributed by atoms with E-state index in [0.717, 1.165) is 37.5 Å². The van der Waals surface area contributed by atoms with Gasteiger partial charge in [-0.05, 0) is 13.0 Å². The van der Waals surface area contributed by atoms with Crippen LogP contribution in [0.3, 0.4) is 0 Å². The number of anilines is 1. The molecule has 5 atom stereocenters. The third-order valence-corrected chi connectivity index (χ3v) is 5.80. The van der Waals surface area contributed by atoms with Crippen LogP contribution in [0.2, 0.25) is 0 Å². The van der Waals surface area contributed by atoms with Crippen LogP contribution in [-0.2, 0) is 33.3 Å². The third-order valence-electron chi connectivity index (χ3n) is 5.80. The Morgan fingerprint density at radius 3 is 2.24 bits per heavy atom. The summed E-state index contributed by atoms with van der Waals surface area (Å²) >= 11 is 0. The fourth-order valence-corrected chi connectivity index (χ4v) is 4.22. The van der Waals surface area contributed by atoms with Crippen LogP contribution in [-0.4, -0.2) is 74.9 Å². The van der Waals surface area contributed by atoms with Crippen molar-refractivity contribution in [3.05, 3.63) is 61.2 Å². The van der Waals surface area contributed by atoms with Gasteiger partial charge in [0.25, 0.3) is 11.4 Å². The molecular formula is C24H27N5O13. The number of nitro groups is 2. The number of nitrogens with zero attached hydrogens (tertiary/aromatic N) is 4. The highest BCUT2D eigenvalue weighted by molar-refractivity contribution is 5.69. The number of carbonyl (C=O) groups excluding carboxylic acids is 3. The number of ether oxygens (including phenoxy) is 5. The first-order valence-corrected chi connectivity index (χ1v) is 12.4. The van der Waals surface area contributed by atoms with E-state index >= 15 is 0 Å². The predicted octanol–water partition coefficient (Wildman–Crippen LogP) is 1.26. The Morgan fingerprint density at radius 2 is 1.69 bits per heavy atom. The summed E-state index contributed by atoms with van der Waals surface area (Å²) in [6.07, 6.45) is -4.53. The van der Waals surface area contributed by atoms with Crippen LogP contribution < -0.4 is 15.7 Å². The monoisotopic (exact) mass is 593 g/mol. The quantitative estimate of drug-likeness (QED) is 0.167. The van der Waals surface area contributed by atoms with Crippen molar-refractivity contribution in [2.45, 2.75) is 58.3 Å². The standard InChI is InChI=1S/C24H27N5O13/c1-5-38-19-8-9-27(24(33)26-19)23-20(25-16-7-6-15(28(34)35)10-17(16)29(36)37)22(41-14(4)32)21(40-13(3)31)18(42-23)11-39-12(2)30/h6-10,18,20-23,25H,5,11H2,1-4H3/t18-,20+,21+,22-,23+/m0/s1. The number of benzene rings is 1. The van der Waals surface area contributed by atoms with Gasteiger partial charge in [0.2, 0.25) is 5.88 Å². The molecule has 1 saturated heterocycles. The van der Waals surface area contributed by atoms with E-state index in [9.17, 15) is 39.4 Å². The van der Waals surface area contributed by atoms with E-state index in [-0.39, 0.29) is 18.2 Å². The molecule has 1 aliphatic heterocycles. The zero-order chi connectivity index (χ0) is 31.1. The second-order valence-corrected chi connectivity index (χ2v) is 8.79. The van der Waals surface area contributed by atoms with Crippen LogP contribution in [0.15, 0.2) is 35.3 Å². The maximum absolute atomic E-state index is 13.1. The van der Waals surface area contributed by atoms with Crippen molar-refractivity contribution < 1.29 is 47.9 Å². The fourth-order valence-electron chi connectivity index (χ4n) is 4.22. The first-order chi connectivity index (χ1) is 19.8. The first kappa shape index (κ1) is 31.4. The molecule has 0 saturated carbocycles. The van der Waals surface area contributed by atoms with Crippen LogP contribution >= 0.6 is 0 Å². The normalized spacial score (nSPS) is 21.5. The van der Waals surface area contributed by atoms with Crippen molar-refractivity contribution in [3.8, 4) is 5.88 Å². The zero-order valence-corrected chi connectivity index (χ0v) is 22.8. The summed E-state index contributed by atoms with van der Waals surface area (Å²) in [4.78, 5) is 74.2. The lowest BCUT2D eigenvalue weighted by Gasteiger charge is -2.45. The van der Waals surface area contributed by atoms with Crippen molar-refractivity contribution in [2.75, 3.05) is 18.5 Å². The number of hydrogen-bond donors (Lipinski definition) is 1. The summed E-state index contributed by atoms with van der Waals surface area (Å²) in [5, 5.41) is 25.9. The van der Waals surface area contributed by atoms with Gasteiger partial charge in [-0.25, -0.2) is 4.79 Å². The number of aromatic nitrogens is 2. The van der Waals surface area contributed by atoms with Crippen LogP contribution in [0.25, 0.3) is 0 Å². The Balaban J connectivity index is 2.22. The number of carbonyl (C=O) groups is 3. The fraction of sp³-hybridized carbons (Fsp3) is 0.458. The van der Waals surface area contributed by atoms with E-state index in [1.165, 1.54) is 12.3 Å². The Kier molecular flexibility index (Phi) is 10.1. The molecule has 42 heavy (non-hydrogen) atoms. The summed E-state index contributed by atoms with van der Waals surface area (Å²) in [7, 11) is 0. The minimum atomic E-state index is -1.51. The molecule has 18 nitrogen and oxygen atoms in total. The van der Waals surface area contributed by atoms with Gasteiger partial charge in [0.15, 0.2) is 18.4 Å². The molecular weight excluding hydrogens is 566 g/mol. The Morgan fingerprint density at radius 1 is 1.02 bits per heavy atom. The summed E-state index contributed by atoms with van der Waals surface area (Å²) in [5.74, 6) is -2.45. The molecule has 1 aromatic carbocycles. The Hall–Kier alpha value is -5.13. The summed E-state index contributed by atoms with van der Waals surface area (Å²) in [5.41, 5.74) is -2.50. The van der Waals surface area contributed by atoms with Gasteiger partial charge in [0.05, 0.1) is 22.5 Å². The molecule has 1 aromatic heterocycles. The van der Waals surface area contributed by atoms with Crippen LogP contribution in [0.5, 0.6) is 5.88 Å². The second kappa shape index (κ2) is 13.5. The van der Waals surface area contributed by atoms with Gasteiger partial charge in [-0.1, -0.05) is 0 Å². The number of esters is 3. The van der Waals surface area contributed by atoms with Crippen molar-refractivity contribution in [1.82, 2.24) is 9.55 Å². The van der Waals surface area contributed by atoms with E-state index in [2.05, 4.69) is 10.3 Å². The van der Waals surface area contributed by atoms with Gasteiger partial charge >= 0.3 is 23.6 Å². The van der Waals surface area contributed by atoms with Crippen molar-refractivity contribution in [3.63, 3.8) is 0 Å². The van der Waals surface area contributed by atoms with Crippen molar-refractivity contribution in [2.24, 2.45) is 0 Å². The van der Waals surface area contributed by atoms with E-state index in [1.54, 1.807) is 6.92 Å². The molecule has 1 fully saturated rings. The lowest BCUT2D eigenvalue weighted by Crippen LogP contribution is -2.62. The van der Waals surface area contributed by atoms with E-state index in [0.29, 0.717) is 6.07 Å². The first-order valence-electron chi connectivity index (χ1n) is 12.4. The molecule has 0 spiro atoms. The SMILES string of the molecule is CCOc1ccn([C@@H]2O[C@@H](COC(C)=O)[C@@H](OC(C)=O)[C@@H](OC(C)=O)[C@H]2Nc2ccc([N+](=O)[O-])cc2[N+](=O)[O-])c(=O)n1. The maximum atomic E-state index is 13.1. The molecule has 2 aromatic rings. The van der Waals surface area contributed by atoms with Crippen molar-refractivity contribution >= 4 is 35.0 Å². The van der Waals surface area contributed by atoms with Crippen molar-refractivity contribution in [1.29, 1.82) is 0 Å². The molecule has 226 valence electrons. The molecule has 0 bridgehead atoms. The van der Waals surface area contributed by atoms with E-state index < -0.39 is 82.0 Å². The molecule has 0 aliphatic carbocycles. The third kappa shape index (κ3) is 7.53. The maximum Gasteiger partial charge on any atom is 0.353 e. The zero-order valence-electron chi connectivity index (χ0n) is 22.8. The Bertz CT molecular complexity index is 1430. The van der Waals surface area contributed by atoms with Crippen LogP contribution in [0.1, 0.15) is 33.9 Å². The predicted molar refractivity (Wildman–Crippen MR) is 138 cm³/mol. The molecule has 0 radical (unpaired) electrons. The number of rotatable bonds is 11. The second-order valence-electron chi connectivity index (χ2n) is 8.79.